The molecule has 0 N–H and O–H groups in total. The standard InChI is InChI=1S/C20H16Cl2FNO3/c1-20(2,3)27-19(26)24-17-10-15(22)16(23)9-13(17)14(18(24)25)8-11-5-4-6-12(21)7-11/h4-10H,1-3H3/b14-8+. The molecule has 0 unspecified atom stereocenters. The number of carbonyl (C=O) groups is 2. The summed E-state index contributed by atoms with van der Waals surface area (Å²) in [7, 11) is 0. The Balaban J connectivity index is 2.14. The van der Waals surface area contributed by atoms with E-state index < -0.39 is 23.4 Å². The molecule has 140 valence electrons. The maximum Gasteiger partial charge on any atom is 0.422 e. The number of hydrogen-bond donors (Lipinski definition) is 0. The average molecular weight is 408 g/mol. The number of halogens is 3. The van der Waals surface area contributed by atoms with E-state index in [1.807, 2.05) is 0 Å². The summed E-state index contributed by atoms with van der Waals surface area (Å²) in [5.41, 5.74) is 0.411. The predicted molar refractivity (Wildman–Crippen MR) is 104 cm³/mol. The van der Waals surface area contributed by atoms with Crippen molar-refractivity contribution in [1.29, 1.82) is 0 Å². The van der Waals surface area contributed by atoms with Crippen molar-refractivity contribution < 1.29 is 18.7 Å². The van der Waals surface area contributed by atoms with Crippen molar-refractivity contribution in [3.8, 4) is 0 Å². The van der Waals surface area contributed by atoms with Crippen LogP contribution in [0, 0.1) is 5.82 Å². The zero-order valence-corrected chi connectivity index (χ0v) is 16.4. The van der Waals surface area contributed by atoms with Gasteiger partial charge in [-0.1, -0.05) is 35.3 Å². The molecule has 3 rings (SSSR count). The molecule has 7 heteroatoms. The third kappa shape index (κ3) is 3.99. The minimum atomic E-state index is -0.856. The molecule has 0 aliphatic carbocycles. The number of fused-ring (bicyclic) bond motifs is 1. The van der Waals surface area contributed by atoms with Gasteiger partial charge in [0.1, 0.15) is 11.4 Å². The molecule has 1 aliphatic rings. The first-order valence-electron chi connectivity index (χ1n) is 8.11. The Morgan fingerprint density at radius 1 is 1.19 bits per heavy atom. The largest absolute Gasteiger partial charge is 0.443 e. The van der Waals surface area contributed by atoms with Crippen LogP contribution >= 0.6 is 23.2 Å². The smallest absolute Gasteiger partial charge is 0.422 e. The molecule has 2 amide bonds. The van der Waals surface area contributed by atoms with Gasteiger partial charge in [-0.25, -0.2) is 14.1 Å². The van der Waals surface area contributed by atoms with Gasteiger partial charge in [0, 0.05) is 10.6 Å². The summed E-state index contributed by atoms with van der Waals surface area (Å²) in [6.45, 7) is 5.06. The molecule has 2 aromatic carbocycles. The van der Waals surface area contributed by atoms with Crippen molar-refractivity contribution in [2.24, 2.45) is 0 Å². The number of benzene rings is 2. The van der Waals surface area contributed by atoms with E-state index in [4.69, 9.17) is 27.9 Å². The van der Waals surface area contributed by atoms with Crippen molar-refractivity contribution >= 4 is 52.5 Å². The molecule has 27 heavy (non-hydrogen) atoms. The number of hydrogen-bond acceptors (Lipinski definition) is 3. The predicted octanol–water partition coefficient (Wildman–Crippen LogP) is 5.95. The van der Waals surface area contributed by atoms with Gasteiger partial charge < -0.3 is 4.74 Å². The van der Waals surface area contributed by atoms with Crippen molar-refractivity contribution in [1.82, 2.24) is 0 Å². The summed E-state index contributed by atoms with van der Waals surface area (Å²) in [6, 6.07) is 9.20. The fourth-order valence-corrected chi connectivity index (χ4v) is 3.03. The summed E-state index contributed by atoms with van der Waals surface area (Å²) < 4.78 is 19.4. The molecule has 0 atom stereocenters. The Bertz CT molecular complexity index is 980. The highest BCUT2D eigenvalue weighted by atomic mass is 35.5. The van der Waals surface area contributed by atoms with Crippen LogP contribution in [0.25, 0.3) is 11.6 Å². The number of nitrogens with zero attached hydrogens (tertiary/aromatic N) is 1. The number of anilines is 1. The molecular formula is C20H16Cl2FNO3. The minimum Gasteiger partial charge on any atom is -0.443 e. The fourth-order valence-electron chi connectivity index (χ4n) is 2.67. The van der Waals surface area contributed by atoms with Crippen LogP contribution in [0.15, 0.2) is 36.4 Å². The molecule has 0 saturated carbocycles. The summed E-state index contributed by atoms with van der Waals surface area (Å²) in [5, 5.41) is 0.292. The third-order valence-electron chi connectivity index (χ3n) is 3.74. The van der Waals surface area contributed by atoms with Crippen molar-refractivity contribution in [3.05, 3.63) is 63.4 Å². The fraction of sp³-hybridized carbons (Fsp3) is 0.200. The SMILES string of the molecule is CC(C)(C)OC(=O)N1C(=O)/C(=C/c2cccc(Cl)c2)c2cc(F)c(Cl)cc21. The van der Waals surface area contributed by atoms with Crippen LogP contribution in [0.3, 0.4) is 0 Å². The van der Waals surface area contributed by atoms with Gasteiger partial charge in [-0.2, -0.15) is 0 Å². The van der Waals surface area contributed by atoms with Gasteiger partial charge in [-0.3, -0.25) is 4.79 Å². The van der Waals surface area contributed by atoms with E-state index in [1.54, 1.807) is 51.1 Å². The lowest BCUT2D eigenvalue weighted by Crippen LogP contribution is -2.38. The van der Waals surface area contributed by atoms with Crippen molar-refractivity contribution in [3.63, 3.8) is 0 Å². The van der Waals surface area contributed by atoms with Gasteiger partial charge in [0.2, 0.25) is 0 Å². The van der Waals surface area contributed by atoms with Crippen molar-refractivity contribution in [2.75, 3.05) is 4.90 Å². The Kier molecular flexibility index (Phi) is 5.02. The molecule has 1 heterocycles. The summed E-state index contributed by atoms with van der Waals surface area (Å²) in [4.78, 5) is 26.4. The summed E-state index contributed by atoms with van der Waals surface area (Å²) >= 11 is 11.9. The maximum atomic E-state index is 14.1. The van der Waals surface area contributed by atoms with Gasteiger partial charge in [0.15, 0.2) is 0 Å². The molecule has 0 fully saturated rings. The Morgan fingerprint density at radius 2 is 1.89 bits per heavy atom. The van der Waals surface area contributed by atoms with E-state index in [2.05, 4.69) is 0 Å². The van der Waals surface area contributed by atoms with Crippen LogP contribution in [-0.4, -0.2) is 17.6 Å². The van der Waals surface area contributed by atoms with E-state index in [0.29, 0.717) is 10.6 Å². The first-order valence-corrected chi connectivity index (χ1v) is 8.86. The molecule has 4 nitrogen and oxygen atoms in total. The van der Waals surface area contributed by atoms with Crippen LogP contribution in [0.5, 0.6) is 0 Å². The first kappa shape index (κ1) is 19.4. The zero-order valence-electron chi connectivity index (χ0n) is 14.8. The number of ether oxygens (including phenoxy) is 1. The normalized spacial score (nSPS) is 15.3. The van der Waals surface area contributed by atoms with Crippen LogP contribution < -0.4 is 4.90 Å². The molecule has 2 aromatic rings. The second kappa shape index (κ2) is 6.98. The number of imide groups is 1. The van der Waals surface area contributed by atoms with Crippen LogP contribution in [0.1, 0.15) is 31.9 Å². The number of carbonyl (C=O) groups excluding carboxylic acids is 2. The maximum absolute atomic E-state index is 14.1. The highest BCUT2D eigenvalue weighted by Crippen LogP contribution is 2.41. The molecule has 0 bridgehead atoms. The molecule has 1 aliphatic heterocycles. The Labute approximate surface area is 166 Å². The van der Waals surface area contributed by atoms with E-state index in [0.717, 1.165) is 11.0 Å². The molecule has 0 radical (unpaired) electrons. The quantitative estimate of drug-likeness (QED) is 0.548. The molecular weight excluding hydrogens is 392 g/mol. The van der Waals surface area contributed by atoms with Gasteiger partial charge in [-0.05, 0) is 56.7 Å². The lowest BCUT2D eigenvalue weighted by Gasteiger charge is -2.23. The second-order valence-corrected chi connectivity index (χ2v) is 7.86. The van der Waals surface area contributed by atoms with E-state index >= 15 is 0 Å². The van der Waals surface area contributed by atoms with Gasteiger partial charge in [0.25, 0.3) is 5.91 Å². The first-order chi connectivity index (χ1) is 12.6. The van der Waals surface area contributed by atoms with Gasteiger partial charge in [-0.15, -0.1) is 0 Å². The lowest BCUT2D eigenvalue weighted by atomic mass is 10.0. The summed E-state index contributed by atoms with van der Waals surface area (Å²) in [6.07, 6.45) is 0.691. The molecule has 0 saturated heterocycles. The second-order valence-electron chi connectivity index (χ2n) is 7.02. The number of rotatable bonds is 1. The van der Waals surface area contributed by atoms with E-state index in [9.17, 15) is 14.0 Å². The van der Waals surface area contributed by atoms with Crippen LogP contribution in [0.2, 0.25) is 10.0 Å². The minimum absolute atomic E-state index is 0.147. The lowest BCUT2D eigenvalue weighted by molar-refractivity contribution is -0.112. The highest BCUT2D eigenvalue weighted by Gasteiger charge is 2.40. The number of amides is 2. The third-order valence-corrected chi connectivity index (χ3v) is 4.26. The molecule has 0 spiro atoms. The van der Waals surface area contributed by atoms with E-state index in [-0.39, 0.29) is 21.8 Å². The van der Waals surface area contributed by atoms with E-state index in [1.165, 1.54) is 6.07 Å². The highest BCUT2D eigenvalue weighted by molar-refractivity contribution is 6.42. The van der Waals surface area contributed by atoms with Gasteiger partial charge in [0.05, 0.1) is 16.3 Å². The van der Waals surface area contributed by atoms with Gasteiger partial charge >= 0.3 is 6.09 Å². The topological polar surface area (TPSA) is 46.6 Å². The van der Waals surface area contributed by atoms with Crippen molar-refractivity contribution in [2.45, 2.75) is 26.4 Å². The Hall–Kier alpha value is -2.37. The Morgan fingerprint density at radius 3 is 2.52 bits per heavy atom. The monoisotopic (exact) mass is 407 g/mol. The molecule has 0 aromatic heterocycles. The average Bonchev–Trinajstić information content (AvgIpc) is 2.78. The zero-order chi connectivity index (χ0) is 19.9. The van der Waals surface area contributed by atoms with Crippen LogP contribution in [-0.2, 0) is 9.53 Å². The van der Waals surface area contributed by atoms with Crippen LogP contribution in [0.4, 0.5) is 14.9 Å². The summed E-state index contributed by atoms with van der Waals surface area (Å²) in [5.74, 6) is -1.31.